The van der Waals surface area contributed by atoms with Crippen LogP contribution in [0.5, 0.6) is 0 Å². The Morgan fingerprint density at radius 1 is 1.20 bits per heavy atom. The van der Waals surface area contributed by atoms with E-state index in [1.807, 2.05) is 24.3 Å². The van der Waals surface area contributed by atoms with Gasteiger partial charge in [-0.3, -0.25) is 0 Å². The largest absolute Gasteiger partial charge is 0.224 e. The number of allylic oxidation sites excluding steroid dienone is 5. The van der Waals surface area contributed by atoms with Gasteiger partial charge in [-0.2, -0.15) is 0 Å². The monoisotopic (exact) mass is 290 g/mol. The van der Waals surface area contributed by atoms with Gasteiger partial charge in [0.1, 0.15) is 0 Å². The van der Waals surface area contributed by atoms with Crippen LogP contribution in [0.3, 0.4) is 0 Å². The molecule has 1 rings (SSSR count). The van der Waals surface area contributed by atoms with E-state index in [4.69, 9.17) is 0 Å². The summed E-state index contributed by atoms with van der Waals surface area (Å²) in [6, 6.07) is 7.09. The molecule has 0 saturated carbocycles. The van der Waals surface area contributed by atoms with Crippen LogP contribution in [0, 0.1) is 0 Å². The molecule has 2 nitrogen and oxygen atoms in total. The molecule has 0 saturated heterocycles. The zero-order chi connectivity index (χ0) is 15.0. The van der Waals surface area contributed by atoms with Crippen molar-refractivity contribution < 1.29 is 8.42 Å². The van der Waals surface area contributed by atoms with Crippen LogP contribution in [0.1, 0.15) is 31.7 Å². The summed E-state index contributed by atoms with van der Waals surface area (Å²) in [5.41, 5.74) is 2.28. The molecule has 0 radical (unpaired) electrons. The molecule has 0 N–H and O–H groups in total. The minimum absolute atomic E-state index is 0.359. The van der Waals surface area contributed by atoms with Crippen LogP contribution < -0.4 is 0 Å². The fraction of sp³-hybridized carbons (Fsp3) is 0.294. The lowest BCUT2D eigenvalue weighted by Gasteiger charge is -2.07. The fourth-order valence-electron chi connectivity index (χ4n) is 1.86. The molecule has 1 aromatic carbocycles. The summed E-state index contributed by atoms with van der Waals surface area (Å²) in [6.07, 6.45) is 12.1. The van der Waals surface area contributed by atoms with Crippen LogP contribution in [0.2, 0.25) is 0 Å². The number of unbranched alkanes of at least 4 members (excludes halogenated alkanes) is 1. The zero-order valence-corrected chi connectivity index (χ0v) is 13.0. The second-order valence-electron chi connectivity index (χ2n) is 4.71. The third kappa shape index (κ3) is 5.17. The molecule has 0 fully saturated rings. The molecule has 0 aliphatic rings. The van der Waals surface area contributed by atoms with Gasteiger partial charge >= 0.3 is 0 Å². The first-order chi connectivity index (χ1) is 9.49. The quantitative estimate of drug-likeness (QED) is 0.697. The lowest BCUT2D eigenvalue weighted by molar-refractivity contribution is 0.602. The molecule has 0 heterocycles. The van der Waals surface area contributed by atoms with Crippen molar-refractivity contribution >= 4 is 15.4 Å². The predicted octanol–water partition coefficient (Wildman–Crippen LogP) is 4.41. The lowest BCUT2D eigenvalue weighted by Crippen LogP contribution is -1.97. The summed E-state index contributed by atoms with van der Waals surface area (Å²) in [5, 5.41) is 0. The van der Waals surface area contributed by atoms with Gasteiger partial charge in [0.05, 0.1) is 4.90 Å². The minimum atomic E-state index is -3.13. The summed E-state index contributed by atoms with van der Waals surface area (Å²) in [7, 11) is -3.13. The minimum Gasteiger partial charge on any atom is -0.224 e. The van der Waals surface area contributed by atoms with E-state index in [2.05, 4.69) is 19.6 Å². The number of rotatable bonds is 7. The highest BCUT2D eigenvalue weighted by molar-refractivity contribution is 7.90. The van der Waals surface area contributed by atoms with E-state index in [1.54, 1.807) is 18.2 Å². The molecule has 0 aromatic heterocycles. The molecular formula is C17H22O2S. The van der Waals surface area contributed by atoms with Crippen LogP contribution in [-0.4, -0.2) is 14.7 Å². The third-order valence-electron chi connectivity index (χ3n) is 3.00. The van der Waals surface area contributed by atoms with Gasteiger partial charge in [0.25, 0.3) is 0 Å². The van der Waals surface area contributed by atoms with Crippen molar-refractivity contribution in [3.8, 4) is 0 Å². The highest BCUT2D eigenvalue weighted by Gasteiger charge is 2.07. The second kappa shape index (κ2) is 7.85. The van der Waals surface area contributed by atoms with Crippen LogP contribution in [0.4, 0.5) is 0 Å². The fourth-order valence-corrected chi connectivity index (χ4v) is 2.49. The maximum absolute atomic E-state index is 11.5. The highest BCUT2D eigenvalue weighted by Crippen LogP contribution is 2.22. The molecule has 108 valence electrons. The summed E-state index contributed by atoms with van der Waals surface area (Å²) in [6.45, 7) is 5.81. The average molecular weight is 290 g/mol. The smallest absolute Gasteiger partial charge is 0.175 e. The van der Waals surface area contributed by atoms with E-state index in [1.165, 1.54) is 11.8 Å². The zero-order valence-electron chi connectivity index (χ0n) is 12.2. The molecule has 0 aliphatic carbocycles. The van der Waals surface area contributed by atoms with Crippen LogP contribution in [-0.2, 0) is 9.84 Å². The number of benzene rings is 1. The molecule has 0 amide bonds. The summed E-state index contributed by atoms with van der Waals surface area (Å²) in [5.74, 6) is 0. The normalized spacial score (nSPS) is 12.8. The second-order valence-corrected chi connectivity index (χ2v) is 6.73. The van der Waals surface area contributed by atoms with Crippen molar-refractivity contribution in [1.82, 2.24) is 0 Å². The average Bonchev–Trinajstić information content (AvgIpc) is 2.42. The summed E-state index contributed by atoms with van der Waals surface area (Å²) < 4.78 is 22.9. The third-order valence-corrected chi connectivity index (χ3v) is 4.13. The molecule has 0 bridgehead atoms. The van der Waals surface area contributed by atoms with Crippen molar-refractivity contribution in [3.05, 3.63) is 60.7 Å². The summed E-state index contributed by atoms with van der Waals surface area (Å²) in [4.78, 5) is 0.359. The maximum Gasteiger partial charge on any atom is 0.175 e. The van der Waals surface area contributed by atoms with Crippen LogP contribution in [0.25, 0.3) is 5.57 Å². The van der Waals surface area contributed by atoms with E-state index >= 15 is 0 Å². The van der Waals surface area contributed by atoms with Gasteiger partial charge in [0.15, 0.2) is 9.84 Å². The van der Waals surface area contributed by atoms with Crippen molar-refractivity contribution in [2.75, 3.05) is 6.26 Å². The number of hydrogen-bond acceptors (Lipinski definition) is 2. The Balaban J connectivity index is 3.05. The maximum atomic E-state index is 11.5. The van der Waals surface area contributed by atoms with Crippen molar-refractivity contribution in [2.24, 2.45) is 0 Å². The molecule has 0 spiro atoms. The Hall–Kier alpha value is -1.61. The molecule has 20 heavy (non-hydrogen) atoms. The first kappa shape index (κ1) is 16.4. The predicted molar refractivity (Wildman–Crippen MR) is 86.4 cm³/mol. The first-order valence-corrected chi connectivity index (χ1v) is 8.67. The van der Waals surface area contributed by atoms with Gasteiger partial charge in [-0.05, 0) is 36.1 Å². The van der Waals surface area contributed by atoms with Gasteiger partial charge in [0.2, 0.25) is 0 Å². The molecule has 0 unspecified atom stereocenters. The molecule has 0 atom stereocenters. The van der Waals surface area contributed by atoms with E-state index in [9.17, 15) is 8.42 Å². The Kier molecular flexibility index (Phi) is 6.46. The standard InChI is InChI=1S/C17H22O2S/c1-4-6-8-10-15(9-7-5-2)16-11-13-17(14-12-16)20(3,18)19/h4,6,8,10-14H,1,5,7,9H2,2-3H3/b8-6+,15-10-. The topological polar surface area (TPSA) is 34.1 Å². The Bertz CT molecular complexity index is 590. The lowest BCUT2D eigenvalue weighted by atomic mass is 10.00. The molecule has 3 heteroatoms. The van der Waals surface area contributed by atoms with Gasteiger partial charge in [-0.25, -0.2) is 8.42 Å². The molecular weight excluding hydrogens is 268 g/mol. The van der Waals surface area contributed by atoms with Crippen LogP contribution >= 0.6 is 0 Å². The van der Waals surface area contributed by atoms with Gasteiger partial charge in [0, 0.05) is 6.26 Å². The van der Waals surface area contributed by atoms with Crippen LogP contribution in [0.15, 0.2) is 60.0 Å². The van der Waals surface area contributed by atoms with E-state index in [-0.39, 0.29) is 0 Å². The van der Waals surface area contributed by atoms with Crippen molar-refractivity contribution in [2.45, 2.75) is 31.1 Å². The summed E-state index contributed by atoms with van der Waals surface area (Å²) >= 11 is 0. The Morgan fingerprint density at radius 3 is 2.35 bits per heavy atom. The Labute approximate surface area is 122 Å². The van der Waals surface area contributed by atoms with Crippen molar-refractivity contribution in [3.63, 3.8) is 0 Å². The van der Waals surface area contributed by atoms with Crippen molar-refractivity contribution in [1.29, 1.82) is 0 Å². The SMILES string of the molecule is C=C/C=C/C=C(/CCCC)c1ccc(S(C)(=O)=O)cc1. The molecule has 0 aliphatic heterocycles. The van der Waals surface area contributed by atoms with Gasteiger partial charge < -0.3 is 0 Å². The highest BCUT2D eigenvalue weighted by atomic mass is 32.2. The number of hydrogen-bond donors (Lipinski definition) is 0. The van der Waals surface area contributed by atoms with Gasteiger partial charge in [-0.1, -0.05) is 56.4 Å². The Morgan fingerprint density at radius 2 is 1.85 bits per heavy atom. The van der Waals surface area contributed by atoms with E-state index in [0.717, 1.165) is 24.8 Å². The van der Waals surface area contributed by atoms with Gasteiger partial charge in [-0.15, -0.1) is 0 Å². The number of sulfone groups is 1. The van der Waals surface area contributed by atoms with E-state index < -0.39 is 9.84 Å². The molecule has 1 aromatic rings. The van der Waals surface area contributed by atoms with E-state index in [0.29, 0.717) is 4.90 Å². The first-order valence-electron chi connectivity index (χ1n) is 6.77.